The highest BCUT2D eigenvalue weighted by Gasteiger charge is 2.19. The van der Waals surface area contributed by atoms with Crippen LogP contribution in [0, 0.1) is 18.6 Å². The summed E-state index contributed by atoms with van der Waals surface area (Å²) in [5.41, 5.74) is 5.09. The molecule has 0 bridgehead atoms. The van der Waals surface area contributed by atoms with Crippen molar-refractivity contribution in [2.75, 3.05) is 4.72 Å². The second-order valence-electron chi connectivity index (χ2n) is 4.11. The molecule has 0 saturated carbocycles. The second kappa shape index (κ2) is 5.47. The Hall–Kier alpha value is -1.51. The van der Waals surface area contributed by atoms with Gasteiger partial charge in [-0.25, -0.2) is 17.2 Å². The number of thiophene rings is 1. The van der Waals surface area contributed by atoms with E-state index in [1.54, 1.807) is 6.07 Å². The lowest BCUT2D eigenvalue weighted by Gasteiger charge is -2.08. The smallest absolute Gasteiger partial charge is 0.271 e. The van der Waals surface area contributed by atoms with E-state index in [1.807, 2.05) is 4.72 Å². The first-order valence-electron chi connectivity index (χ1n) is 5.60. The van der Waals surface area contributed by atoms with Gasteiger partial charge in [-0.3, -0.25) is 4.72 Å². The van der Waals surface area contributed by atoms with Crippen molar-refractivity contribution in [3.8, 4) is 0 Å². The number of anilines is 1. The summed E-state index contributed by atoms with van der Waals surface area (Å²) in [6.07, 6.45) is 0. The second-order valence-corrected chi connectivity index (χ2v) is 7.19. The van der Waals surface area contributed by atoms with Gasteiger partial charge in [-0.15, -0.1) is 11.3 Å². The summed E-state index contributed by atoms with van der Waals surface area (Å²) in [6, 6.07) is 4.70. The highest BCUT2D eigenvalue weighted by Crippen LogP contribution is 2.26. The summed E-state index contributed by atoms with van der Waals surface area (Å²) >= 11 is 0.981. The zero-order valence-corrected chi connectivity index (χ0v) is 12.1. The monoisotopic (exact) mass is 318 g/mol. The first-order valence-corrected chi connectivity index (χ1v) is 7.90. The average Bonchev–Trinajstić information content (AvgIpc) is 2.85. The van der Waals surface area contributed by atoms with Gasteiger partial charge in [-0.1, -0.05) is 0 Å². The molecular weight excluding hydrogens is 306 g/mol. The van der Waals surface area contributed by atoms with E-state index in [0.717, 1.165) is 23.5 Å². The van der Waals surface area contributed by atoms with Crippen molar-refractivity contribution in [2.45, 2.75) is 17.7 Å². The Morgan fingerprint density at radius 1 is 1.25 bits per heavy atom. The minimum atomic E-state index is -3.95. The highest BCUT2D eigenvalue weighted by molar-refractivity contribution is 7.94. The Kier molecular flexibility index (Phi) is 4.07. The molecule has 0 radical (unpaired) electrons. The van der Waals surface area contributed by atoms with Crippen molar-refractivity contribution in [3.63, 3.8) is 0 Å². The standard InChI is InChI=1S/C12H12F2N2O2S2/c1-7-4-10(14)11(5-9(7)13)16-20(17,18)12-3-2-8(6-15)19-12/h2-5,16H,6,15H2,1H3. The molecule has 2 aromatic rings. The molecule has 0 atom stereocenters. The van der Waals surface area contributed by atoms with Crippen LogP contribution in [0.3, 0.4) is 0 Å². The van der Waals surface area contributed by atoms with Gasteiger partial charge in [0.05, 0.1) is 5.69 Å². The first-order chi connectivity index (χ1) is 9.33. The van der Waals surface area contributed by atoms with Crippen LogP contribution in [0.25, 0.3) is 0 Å². The first kappa shape index (κ1) is 14.9. The van der Waals surface area contributed by atoms with Crippen molar-refractivity contribution < 1.29 is 17.2 Å². The Balaban J connectivity index is 2.35. The lowest BCUT2D eigenvalue weighted by molar-refractivity contribution is 0.591. The van der Waals surface area contributed by atoms with Gasteiger partial charge in [-0.2, -0.15) is 0 Å². The molecule has 20 heavy (non-hydrogen) atoms. The molecule has 8 heteroatoms. The van der Waals surface area contributed by atoms with Gasteiger partial charge in [-0.05, 0) is 30.7 Å². The molecule has 0 saturated heterocycles. The average molecular weight is 318 g/mol. The Morgan fingerprint density at radius 2 is 1.95 bits per heavy atom. The van der Waals surface area contributed by atoms with Crippen molar-refractivity contribution in [1.29, 1.82) is 0 Å². The minimum Gasteiger partial charge on any atom is -0.326 e. The Labute approximate surface area is 119 Å². The molecule has 0 aliphatic carbocycles. The number of nitrogens with two attached hydrogens (primary N) is 1. The number of rotatable bonds is 4. The SMILES string of the molecule is Cc1cc(F)c(NS(=O)(=O)c2ccc(CN)s2)cc1F. The van der Waals surface area contributed by atoms with Gasteiger partial charge in [0.1, 0.15) is 15.8 Å². The number of hydrogen-bond donors (Lipinski definition) is 2. The maximum Gasteiger partial charge on any atom is 0.271 e. The van der Waals surface area contributed by atoms with Gasteiger partial charge in [0, 0.05) is 17.5 Å². The van der Waals surface area contributed by atoms with E-state index >= 15 is 0 Å². The molecule has 108 valence electrons. The van der Waals surface area contributed by atoms with Crippen molar-refractivity contribution in [3.05, 3.63) is 46.3 Å². The van der Waals surface area contributed by atoms with E-state index in [2.05, 4.69) is 0 Å². The summed E-state index contributed by atoms with van der Waals surface area (Å²) in [4.78, 5) is 0.681. The lowest BCUT2D eigenvalue weighted by Crippen LogP contribution is -2.13. The minimum absolute atomic E-state index is 0.00154. The van der Waals surface area contributed by atoms with Crippen molar-refractivity contribution in [1.82, 2.24) is 0 Å². The van der Waals surface area contributed by atoms with Crippen molar-refractivity contribution >= 4 is 27.0 Å². The van der Waals surface area contributed by atoms with Gasteiger partial charge in [0.2, 0.25) is 0 Å². The molecule has 0 amide bonds. The molecule has 3 N–H and O–H groups in total. The number of benzene rings is 1. The van der Waals surface area contributed by atoms with E-state index in [1.165, 1.54) is 13.0 Å². The van der Waals surface area contributed by atoms with E-state index in [4.69, 9.17) is 5.73 Å². The van der Waals surface area contributed by atoms with Crippen LogP contribution in [-0.2, 0) is 16.6 Å². The summed E-state index contributed by atoms with van der Waals surface area (Å²) in [7, 11) is -3.95. The predicted octanol–water partition coefficient (Wildman–Crippen LogP) is 2.59. The zero-order valence-electron chi connectivity index (χ0n) is 10.5. The van der Waals surface area contributed by atoms with Gasteiger partial charge < -0.3 is 5.73 Å². The largest absolute Gasteiger partial charge is 0.326 e. The van der Waals surface area contributed by atoms with Crippen LogP contribution in [0.2, 0.25) is 0 Å². The third kappa shape index (κ3) is 2.97. The molecule has 1 aromatic carbocycles. The zero-order chi connectivity index (χ0) is 14.9. The van der Waals surface area contributed by atoms with E-state index in [9.17, 15) is 17.2 Å². The third-order valence-electron chi connectivity index (χ3n) is 2.60. The quantitative estimate of drug-likeness (QED) is 0.910. The molecular formula is C12H12F2N2O2S2. The highest BCUT2D eigenvalue weighted by atomic mass is 32.2. The molecule has 0 fully saturated rings. The fraction of sp³-hybridized carbons (Fsp3) is 0.167. The normalized spacial score (nSPS) is 11.6. The number of hydrogen-bond acceptors (Lipinski definition) is 4. The van der Waals surface area contributed by atoms with Gasteiger partial charge in [0.25, 0.3) is 10.0 Å². The fourth-order valence-corrected chi connectivity index (χ4v) is 3.82. The van der Waals surface area contributed by atoms with Gasteiger partial charge in [0.15, 0.2) is 0 Å². The number of aryl methyl sites for hydroxylation is 1. The third-order valence-corrected chi connectivity index (χ3v) is 5.56. The summed E-state index contributed by atoms with van der Waals surface area (Å²) in [6.45, 7) is 1.61. The predicted molar refractivity (Wildman–Crippen MR) is 74.1 cm³/mol. The molecule has 4 nitrogen and oxygen atoms in total. The molecule has 0 aliphatic rings. The van der Waals surface area contributed by atoms with Crippen LogP contribution >= 0.6 is 11.3 Å². The van der Waals surface area contributed by atoms with E-state index in [-0.39, 0.29) is 16.3 Å². The molecule has 0 spiro atoms. The van der Waals surface area contributed by atoms with Crippen LogP contribution in [0.15, 0.2) is 28.5 Å². The summed E-state index contributed by atoms with van der Waals surface area (Å²) in [5, 5.41) is 0. The topological polar surface area (TPSA) is 72.2 Å². The van der Waals surface area contributed by atoms with Crippen molar-refractivity contribution in [2.24, 2.45) is 5.73 Å². The van der Waals surface area contributed by atoms with Crippen LogP contribution in [-0.4, -0.2) is 8.42 Å². The van der Waals surface area contributed by atoms with E-state index < -0.39 is 27.3 Å². The Morgan fingerprint density at radius 3 is 2.55 bits per heavy atom. The molecule has 0 unspecified atom stereocenters. The lowest BCUT2D eigenvalue weighted by atomic mass is 10.2. The van der Waals surface area contributed by atoms with Crippen LogP contribution in [0.1, 0.15) is 10.4 Å². The molecule has 2 rings (SSSR count). The maximum absolute atomic E-state index is 13.6. The summed E-state index contributed by atoms with van der Waals surface area (Å²) in [5.74, 6) is -1.51. The number of nitrogens with one attached hydrogen (secondary N) is 1. The fourth-order valence-electron chi connectivity index (χ4n) is 1.53. The van der Waals surface area contributed by atoms with E-state index in [0.29, 0.717) is 4.88 Å². The number of halogens is 2. The van der Waals surface area contributed by atoms with Crippen LogP contribution in [0.5, 0.6) is 0 Å². The Bertz CT molecular complexity index is 742. The molecule has 1 aromatic heterocycles. The maximum atomic E-state index is 13.6. The van der Waals surface area contributed by atoms with Gasteiger partial charge >= 0.3 is 0 Å². The number of sulfonamides is 1. The van der Waals surface area contributed by atoms with Crippen LogP contribution in [0.4, 0.5) is 14.5 Å². The summed E-state index contributed by atoms with van der Waals surface area (Å²) < 4.78 is 53.1. The van der Waals surface area contributed by atoms with Crippen LogP contribution < -0.4 is 10.5 Å². The molecule has 1 heterocycles. The molecule has 0 aliphatic heterocycles.